The Bertz CT molecular complexity index is 2340. The maximum absolute atomic E-state index is 6.62. The number of halogens is 1. The Morgan fingerprint density at radius 3 is 2.10 bits per heavy atom. The predicted molar refractivity (Wildman–Crippen MR) is 171 cm³/mol. The standard InChI is InChI=1S/C33H20ClN3S2/c1-3-4-11-19-18(2)37(31-28-23-15-8-10-17-25(23)39-32(28)36-33(34)35-31)29-26(19)20-12-5-6-13-21(20)27-22-14-7-9-16-24(22)38-30(27)29/h3-17H,1H2,2H3/b11-4-. The fourth-order valence-electron chi connectivity index (χ4n) is 5.97. The van der Waals surface area contributed by atoms with Gasteiger partial charge in [-0.3, -0.25) is 4.57 Å². The van der Waals surface area contributed by atoms with E-state index >= 15 is 0 Å². The Labute approximate surface area is 236 Å². The lowest BCUT2D eigenvalue weighted by molar-refractivity contribution is 0.998. The molecule has 0 aliphatic heterocycles. The topological polar surface area (TPSA) is 30.7 Å². The zero-order valence-corrected chi connectivity index (χ0v) is 23.3. The van der Waals surface area contributed by atoms with Crippen LogP contribution in [0.3, 0.4) is 0 Å². The summed E-state index contributed by atoms with van der Waals surface area (Å²) in [5.41, 5.74) is 3.41. The lowest BCUT2D eigenvalue weighted by atomic mass is 9.98. The minimum absolute atomic E-state index is 0.252. The van der Waals surface area contributed by atoms with Crippen molar-refractivity contribution < 1.29 is 0 Å². The number of thiophene rings is 2. The van der Waals surface area contributed by atoms with Crippen molar-refractivity contribution in [1.29, 1.82) is 0 Å². The van der Waals surface area contributed by atoms with E-state index in [4.69, 9.17) is 16.6 Å². The Hall–Kier alpha value is -4.03. The quantitative estimate of drug-likeness (QED) is 0.160. The fraction of sp³-hybridized carbons (Fsp3) is 0.0303. The van der Waals surface area contributed by atoms with Gasteiger partial charge in [0.2, 0.25) is 5.28 Å². The van der Waals surface area contributed by atoms with Crippen molar-refractivity contribution in [3.8, 4) is 5.82 Å². The molecule has 4 heterocycles. The second kappa shape index (κ2) is 8.48. The summed E-state index contributed by atoms with van der Waals surface area (Å²) in [5.74, 6) is 0.817. The number of hydrogen-bond acceptors (Lipinski definition) is 4. The van der Waals surface area contributed by atoms with Crippen LogP contribution in [0.25, 0.3) is 74.0 Å². The van der Waals surface area contributed by atoms with Crippen LogP contribution in [0.4, 0.5) is 0 Å². The zero-order valence-electron chi connectivity index (χ0n) is 20.9. The summed E-state index contributed by atoms with van der Waals surface area (Å²) < 4.78 is 6.00. The molecule has 39 heavy (non-hydrogen) atoms. The first-order valence-corrected chi connectivity index (χ1v) is 14.7. The van der Waals surface area contributed by atoms with Crippen molar-refractivity contribution in [2.45, 2.75) is 6.92 Å². The number of rotatable bonds is 3. The molecule has 0 amide bonds. The average Bonchev–Trinajstić information content (AvgIpc) is 3.61. The minimum atomic E-state index is 0.252. The van der Waals surface area contributed by atoms with Gasteiger partial charge in [0.05, 0.1) is 15.6 Å². The van der Waals surface area contributed by atoms with Gasteiger partial charge in [-0.15, -0.1) is 22.7 Å². The molecule has 0 fully saturated rings. The van der Waals surface area contributed by atoms with Gasteiger partial charge in [-0.1, -0.05) is 85.5 Å². The second-order valence-electron chi connectivity index (χ2n) is 9.60. The molecular weight excluding hydrogens is 538 g/mol. The van der Waals surface area contributed by atoms with E-state index in [9.17, 15) is 0 Å². The van der Waals surface area contributed by atoms with Gasteiger partial charge in [-0.05, 0) is 41.4 Å². The SMILES string of the molecule is C=C/C=C\c1c(C)n(-c2nc(Cl)nc3sc4ccccc4c23)c2c3sc4ccccc4c3c3ccccc3c12. The minimum Gasteiger partial charge on any atom is -0.296 e. The highest BCUT2D eigenvalue weighted by Gasteiger charge is 2.25. The van der Waals surface area contributed by atoms with E-state index in [2.05, 4.69) is 102 Å². The first-order chi connectivity index (χ1) is 19.2. The first kappa shape index (κ1) is 22.9. The number of aromatic nitrogens is 3. The lowest BCUT2D eigenvalue weighted by Crippen LogP contribution is -2.02. The van der Waals surface area contributed by atoms with E-state index in [1.54, 1.807) is 11.3 Å². The van der Waals surface area contributed by atoms with Crippen LogP contribution in [0.5, 0.6) is 0 Å². The summed E-state index contributed by atoms with van der Waals surface area (Å²) in [4.78, 5) is 10.5. The third-order valence-corrected chi connectivity index (χ3v) is 9.95. The Morgan fingerprint density at radius 2 is 1.38 bits per heavy atom. The molecule has 0 unspecified atom stereocenters. The Kier molecular flexibility index (Phi) is 4.98. The molecule has 4 aromatic heterocycles. The van der Waals surface area contributed by atoms with Crippen LogP contribution < -0.4 is 0 Å². The van der Waals surface area contributed by atoms with Crippen molar-refractivity contribution >= 4 is 103 Å². The molecule has 0 bridgehead atoms. The van der Waals surface area contributed by atoms with Gasteiger partial charge in [0.1, 0.15) is 4.83 Å². The van der Waals surface area contributed by atoms with Crippen molar-refractivity contribution in [2.75, 3.05) is 0 Å². The third kappa shape index (κ3) is 3.15. The van der Waals surface area contributed by atoms with Crippen molar-refractivity contribution in [3.63, 3.8) is 0 Å². The van der Waals surface area contributed by atoms with Gasteiger partial charge < -0.3 is 0 Å². The highest BCUT2D eigenvalue weighted by molar-refractivity contribution is 7.27. The van der Waals surface area contributed by atoms with Crippen LogP contribution in [0, 0.1) is 6.92 Å². The van der Waals surface area contributed by atoms with Gasteiger partial charge in [0.25, 0.3) is 0 Å². The van der Waals surface area contributed by atoms with E-state index in [0.717, 1.165) is 38.2 Å². The molecule has 0 saturated heterocycles. The summed E-state index contributed by atoms with van der Waals surface area (Å²) in [6.45, 7) is 6.12. The van der Waals surface area contributed by atoms with Crippen LogP contribution in [-0.4, -0.2) is 14.5 Å². The number of allylic oxidation sites excluding steroid dienone is 2. The van der Waals surface area contributed by atoms with Gasteiger partial charge in [-0.25, -0.2) is 4.98 Å². The van der Waals surface area contributed by atoms with Crippen LogP contribution in [0.15, 0.2) is 91.5 Å². The molecule has 0 atom stereocenters. The molecule has 4 aromatic carbocycles. The van der Waals surface area contributed by atoms with Gasteiger partial charge >= 0.3 is 0 Å². The number of fused-ring (bicyclic) bond motifs is 11. The average molecular weight is 558 g/mol. The van der Waals surface area contributed by atoms with Crippen molar-refractivity contribution in [3.05, 3.63) is 108 Å². The van der Waals surface area contributed by atoms with Crippen LogP contribution in [0.1, 0.15) is 11.3 Å². The van der Waals surface area contributed by atoms with E-state index in [-0.39, 0.29) is 5.28 Å². The maximum Gasteiger partial charge on any atom is 0.225 e. The number of nitrogens with zero attached hydrogens (tertiary/aromatic N) is 3. The molecule has 8 rings (SSSR count). The summed E-state index contributed by atoms with van der Waals surface area (Å²) >= 11 is 10.1. The summed E-state index contributed by atoms with van der Waals surface area (Å²) in [7, 11) is 0. The molecular formula is C33H20ClN3S2. The molecule has 0 aliphatic rings. The first-order valence-electron chi connectivity index (χ1n) is 12.7. The molecule has 0 N–H and O–H groups in total. The van der Waals surface area contributed by atoms with E-state index in [1.165, 1.54) is 41.0 Å². The van der Waals surface area contributed by atoms with E-state index in [1.807, 2.05) is 23.5 Å². The van der Waals surface area contributed by atoms with Crippen LogP contribution >= 0.6 is 34.3 Å². The van der Waals surface area contributed by atoms with E-state index < -0.39 is 0 Å². The molecule has 186 valence electrons. The third-order valence-electron chi connectivity index (χ3n) is 7.53. The summed E-state index contributed by atoms with van der Waals surface area (Å²) in [6.07, 6.45) is 6.01. The van der Waals surface area contributed by atoms with Crippen molar-refractivity contribution in [1.82, 2.24) is 14.5 Å². The molecule has 0 radical (unpaired) electrons. The normalized spacial score (nSPS) is 12.4. The Morgan fingerprint density at radius 1 is 0.769 bits per heavy atom. The molecule has 8 aromatic rings. The molecule has 6 heteroatoms. The zero-order chi connectivity index (χ0) is 26.2. The molecule has 0 spiro atoms. The number of hydrogen-bond donors (Lipinski definition) is 0. The highest BCUT2D eigenvalue weighted by Crippen LogP contribution is 2.48. The summed E-state index contributed by atoms with van der Waals surface area (Å²) in [5, 5.41) is 8.67. The van der Waals surface area contributed by atoms with Gasteiger partial charge in [-0.2, -0.15) is 4.98 Å². The van der Waals surface area contributed by atoms with Crippen molar-refractivity contribution in [2.24, 2.45) is 0 Å². The molecule has 0 saturated carbocycles. The monoisotopic (exact) mass is 557 g/mol. The lowest BCUT2D eigenvalue weighted by Gasteiger charge is -2.11. The van der Waals surface area contributed by atoms with Crippen LogP contribution in [0.2, 0.25) is 5.28 Å². The Balaban J connectivity index is 1.69. The number of benzene rings is 4. The van der Waals surface area contributed by atoms with E-state index in [0.29, 0.717) is 0 Å². The van der Waals surface area contributed by atoms with Crippen LogP contribution in [-0.2, 0) is 0 Å². The predicted octanol–water partition coefficient (Wildman–Crippen LogP) is 10.5. The summed E-state index contributed by atoms with van der Waals surface area (Å²) in [6, 6.07) is 25.9. The largest absolute Gasteiger partial charge is 0.296 e. The molecule has 0 aliphatic carbocycles. The fourth-order valence-corrected chi connectivity index (χ4v) is 8.51. The smallest absolute Gasteiger partial charge is 0.225 e. The second-order valence-corrected chi connectivity index (χ2v) is 12.0. The molecule has 3 nitrogen and oxygen atoms in total. The van der Waals surface area contributed by atoms with Gasteiger partial charge in [0, 0.05) is 42.2 Å². The van der Waals surface area contributed by atoms with Gasteiger partial charge in [0.15, 0.2) is 5.82 Å². The maximum atomic E-state index is 6.62. The highest BCUT2D eigenvalue weighted by atomic mass is 35.5.